The Bertz CT molecular complexity index is 450. The van der Waals surface area contributed by atoms with Gasteiger partial charge in [0.15, 0.2) is 0 Å². The molecule has 1 saturated carbocycles. The molecular weight excluding hydrogens is 246 g/mol. The van der Waals surface area contributed by atoms with Crippen LogP contribution in [0.15, 0.2) is 18.2 Å². The highest BCUT2D eigenvalue weighted by atomic mass is 19.1. The quantitative estimate of drug-likeness (QED) is 0.803. The zero-order chi connectivity index (χ0) is 14.0. The lowest BCUT2D eigenvalue weighted by molar-refractivity contribution is -0.124. The number of carbonyl (C=O) groups is 1. The molecular formula is C16H20F2O. The maximum absolute atomic E-state index is 13.5. The Balaban J connectivity index is 2.05. The third kappa shape index (κ3) is 3.20. The van der Waals surface area contributed by atoms with Crippen LogP contribution in [0.4, 0.5) is 8.78 Å². The van der Waals surface area contributed by atoms with Crippen LogP contribution in [0.1, 0.15) is 38.7 Å². The van der Waals surface area contributed by atoms with E-state index >= 15 is 0 Å². The Morgan fingerprint density at radius 1 is 1.16 bits per heavy atom. The summed E-state index contributed by atoms with van der Waals surface area (Å²) in [5, 5.41) is 0. The first kappa shape index (κ1) is 14.2. The molecule has 0 spiro atoms. The van der Waals surface area contributed by atoms with Crippen molar-refractivity contribution in [3.05, 3.63) is 35.4 Å². The number of Topliss-reactive ketones (excluding diaryl/α,β-unsaturated/α-hetero) is 1. The molecule has 2 rings (SSSR count). The molecule has 0 aromatic heterocycles. The number of ketones is 1. The standard InChI is InChI=1S/C16H20F2O/c1-10-6-7-12(8-11(10)2)16(19)9-13-14(17)4-3-5-15(13)18/h3-5,10-12H,6-9H2,1-2H3. The molecule has 1 aromatic rings. The third-order valence-corrected chi connectivity index (χ3v) is 4.47. The monoisotopic (exact) mass is 266 g/mol. The van der Waals surface area contributed by atoms with Crippen LogP contribution in [-0.2, 0) is 11.2 Å². The van der Waals surface area contributed by atoms with E-state index in [0.717, 1.165) is 19.3 Å². The van der Waals surface area contributed by atoms with Crippen molar-refractivity contribution in [2.75, 3.05) is 0 Å². The fraction of sp³-hybridized carbons (Fsp3) is 0.562. The first-order chi connectivity index (χ1) is 8.99. The Hall–Kier alpha value is -1.25. The van der Waals surface area contributed by atoms with Gasteiger partial charge in [0.25, 0.3) is 0 Å². The predicted molar refractivity (Wildman–Crippen MR) is 70.7 cm³/mol. The van der Waals surface area contributed by atoms with Gasteiger partial charge < -0.3 is 0 Å². The summed E-state index contributed by atoms with van der Waals surface area (Å²) in [4.78, 5) is 12.2. The average Bonchev–Trinajstić information content (AvgIpc) is 2.37. The molecule has 0 amide bonds. The summed E-state index contributed by atoms with van der Waals surface area (Å²) in [6, 6.07) is 3.73. The molecule has 1 fully saturated rings. The SMILES string of the molecule is CC1CCC(C(=O)Cc2c(F)cccc2F)CC1C. The van der Waals surface area contributed by atoms with E-state index in [-0.39, 0.29) is 23.7 Å². The summed E-state index contributed by atoms with van der Waals surface area (Å²) in [5.74, 6) is -0.161. The van der Waals surface area contributed by atoms with Gasteiger partial charge in [-0.1, -0.05) is 19.9 Å². The molecule has 0 bridgehead atoms. The van der Waals surface area contributed by atoms with Crippen LogP contribution < -0.4 is 0 Å². The largest absolute Gasteiger partial charge is 0.299 e. The van der Waals surface area contributed by atoms with Gasteiger partial charge in [-0.25, -0.2) is 8.78 Å². The number of halogens is 2. The van der Waals surface area contributed by atoms with Crippen molar-refractivity contribution in [2.24, 2.45) is 17.8 Å². The van der Waals surface area contributed by atoms with Crippen LogP contribution in [0.2, 0.25) is 0 Å². The zero-order valence-electron chi connectivity index (χ0n) is 11.5. The van der Waals surface area contributed by atoms with Gasteiger partial charge in [0.05, 0.1) is 0 Å². The van der Waals surface area contributed by atoms with Crippen molar-refractivity contribution in [1.82, 2.24) is 0 Å². The van der Waals surface area contributed by atoms with Crippen molar-refractivity contribution in [3.63, 3.8) is 0 Å². The Kier molecular flexibility index (Phi) is 4.33. The van der Waals surface area contributed by atoms with Crippen LogP contribution in [0.25, 0.3) is 0 Å². The van der Waals surface area contributed by atoms with Crippen LogP contribution in [0.5, 0.6) is 0 Å². The van der Waals surface area contributed by atoms with E-state index in [9.17, 15) is 13.6 Å². The van der Waals surface area contributed by atoms with Crippen molar-refractivity contribution in [3.8, 4) is 0 Å². The molecule has 0 N–H and O–H groups in total. The van der Waals surface area contributed by atoms with E-state index in [0.29, 0.717) is 11.8 Å². The fourth-order valence-corrected chi connectivity index (χ4v) is 2.86. The van der Waals surface area contributed by atoms with Crippen LogP contribution >= 0.6 is 0 Å². The number of hydrogen-bond acceptors (Lipinski definition) is 1. The first-order valence-electron chi connectivity index (χ1n) is 6.94. The van der Waals surface area contributed by atoms with E-state index < -0.39 is 11.6 Å². The summed E-state index contributed by atoms with van der Waals surface area (Å²) in [6.07, 6.45) is 2.60. The van der Waals surface area contributed by atoms with Gasteiger partial charge in [-0.2, -0.15) is 0 Å². The van der Waals surface area contributed by atoms with Gasteiger partial charge in [-0.3, -0.25) is 4.79 Å². The van der Waals surface area contributed by atoms with E-state index in [1.165, 1.54) is 18.2 Å². The van der Waals surface area contributed by atoms with Gasteiger partial charge in [0.1, 0.15) is 17.4 Å². The maximum atomic E-state index is 13.5. The normalized spacial score (nSPS) is 27.3. The number of carbonyl (C=O) groups excluding carboxylic acids is 1. The van der Waals surface area contributed by atoms with E-state index in [4.69, 9.17) is 0 Å². The van der Waals surface area contributed by atoms with Crippen LogP contribution in [0.3, 0.4) is 0 Å². The minimum Gasteiger partial charge on any atom is -0.299 e. The molecule has 0 radical (unpaired) electrons. The van der Waals surface area contributed by atoms with Crippen molar-refractivity contribution >= 4 is 5.78 Å². The van der Waals surface area contributed by atoms with E-state index in [1.54, 1.807) is 0 Å². The second-order valence-electron chi connectivity index (χ2n) is 5.81. The second-order valence-corrected chi connectivity index (χ2v) is 5.81. The zero-order valence-corrected chi connectivity index (χ0v) is 11.5. The summed E-state index contributed by atoms with van der Waals surface area (Å²) in [5.41, 5.74) is -0.0845. The Labute approximate surface area is 113 Å². The summed E-state index contributed by atoms with van der Waals surface area (Å²) < 4.78 is 27.0. The van der Waals surface area contributed by atoms with Gasteiger partial charge in [-0.05, 0) is 43.2 Å². The predicted octanol–water partition coefficient (Wildman–Crippen LogP) is 4.15. The molecule has 3 atom stereocenters. The molecule has 1 aromatic carbocycles. The third-order valence-electron chi connectivity index (χ3n) is 4.47. The molecule has 0 aliphatic heterocycles. The fourth-order valence-electron chi connectivity index (χ4n) is 2.86. The minimum atomic E-state index is -0.620. The highest BCUT2D eigenvalue weighted by Gasteiger charge is 2.29. The summed E-state index contributed by atoms with van der Waals surface area (Å²) in [7, 11) is 0. The van der Waals surface area contributed by atoms with Crippen molar-refractivity contribution < 1.29 is 13.6 Å². The molecule has 104 valence electrons. The number of benzene rings is 1. The van der Waals surface area contributed by atoms with Crippen molar-refractivity contribution in [2.45, 2.75) is 39.5 Å². The molecule has 1 aliphatic carbocycles. The molecule has 0 saturated heterocycles. The van der Waals surface area contributed by atoms with Gasteiger partial charge in [0.2, 0.25) is 0 Å². The Morgan fingerprint density at radius 3 is 2.37 bits per heavy atom. The molecule has 0 heterocycles. The van der Waals surface area contributed by atoms with Crippen LogP contribution in [0, 0.1) is 29.4 Å². The van der Waals surface area contributed by atoms with Crippen molar-refractivity contribution in [1.29, 1.82) is 0 Å². The molecule has 1 aliphatic rings. The van der Waals surface area contributed by atoms with E-state index in [1.807, 2.05) is 0 Å². The van der Waals surface area contributed by atoms with Crippen LogP contribution in [-0.4, -0.2) is 5.78 Å². The molecule has 3 heteroatoms. The summed E-state index contributed by atoms with van der Waals surface area (Å²) >= 11 is 0. The van der Waals surface area contributed by atoms with E-state index in [2.05, 4.69) is 13.8 Å². The highest BCUT2D eigenvalue weighted by molar-refractivity contribution is 5.83. The smallest absolute Gasteiger partial charge is 0.140 e. The van der Waals surface area contributed by atoms with Gasteiger partial charge >= 0.3 is 0 Å². The number of rotatable bonds is 3. The second kappa shape index (κ2) is 5.81. The lowest BCUT2D eigenvalue weighted by atomic mass is 9.73. The topological polar surface area (TPSA) is 17.1 Å². The molecule has 3 unspecified atom stereocenters. The Morgan fingerprint density at radius 2 is 1.79 bits per heavy atom. The van der Waals surface area contributed by atoms with Gasteiger partial charge in [0, 0.05) is 17.9 Å². The lowest BCUT2D eigenvalue weighted by Crippen LogP contribution is -2.27. The van der Waals surface area contributed by atoms with Gasteiger partial charge in [-0.15, -0.1) is 0 Å². The molecule has 19 heavy (non-hydrogen) atoms. The minimum absolute atomic E-state index is 0.0252. The average molecular weight is 266 g/mol. The maximum Gasteiger partial charge on any atom is 0.140 e. The first-order valence-corrected chi connectivity index (χ1v) is 6.94. The highest BCUT2D eigenvalue weighted by Crippen LogP contribution is 2.34. The summed E-state index contributed by atoms with van der Waals surface area (Å²) in [6.45, 7) is 4.34. The lowest BCUT2D eigenvalue weighted by Gasteiger charge is -2.31. The molecule has 1 nitrogen and oxygen atoms in total. The number of hydrogen-bond donors (Lipinski definition) is 0.